The Labute approximate surface area is 109 Å². The van der Waals surface area contributed by atoms with Crippen molar-refractivity contribution in [3.63, 3.8) is 0 Å². The Hall–Kier alpha value is -1.92. The van der Waals surface area contributed by atoms with E-state index in [1.807, 2.05) is 49.4 Å². The summed E-state index contributed by atoms with van der Waals surface area (Å²) < 4.78 is 12.2. The molecule has 0 N–H and O–H groups in total. The molecule has 2 aromatic rings. The second kappa shape index (κ2) is 5.61. The van der Waals surface area contributed by atoms with Crippen molar-refractivity contribution >= 4 is 10.8 Å². The van der Waals surface area contributed by atoms with Crippen molar-refractivity contribution in [2.75, 3.05) is 0 Å². The maximum Gasteiger partial charge on any atom is 0.0994 e. The summed E-state index contributed by atoms with van der Waals surface area (Å²) in [6.45, 7) is 1.98. The van der Waals surface area contributed by atoms with Crippen LogP contribution in [0.25, 0.3) is 0 Å². The van der Waals surface area contributed by atoms with Crippen molar-refractivity contribution in [1.29, 1.82) is 5.26 Å². The van der Waals surface area contributed by atoms with Crippen molar-refractivity contribution in [3.05, 3.63) is 65.2 Å². The molecule has 3 heteroatoms. The van der Waals surface area contributed by atoms with Gasteiger partial charge in [0.2, 0.25) is 0 Å². The molecule has 1 unspecified atom stereocenters. The maximum atomic E-state index is 12.2. The van der Waals surface area contributed by atoms with Gasteiger partial charge in [-0.3, -0.25) is 4.21 Å². The summed E-state index contributed by atoms with van der Waals surface area (Å²) in [6, 6.07) is 17.1. The number of hydrogen-bond donors (Lipinski definition) is 0. The molecular weight excluding hydrogens is 242 g/mol. The molecule has 0 amide bonds. The Morgan fingerprint density at radius 3 is 2.67 bits per heavy atom. The van der Waals surface area contributed by atoms with Gasteiger partial charge in [0.25, 0.3) is 0 Å². The SMILES string of the molecule is Cc1cccc(S(=O)Cc2ccccc2C#N)c1. The first-order chi connectivity index (χ1) is 8.70. The van der Waals surface area contributed by atoms with Crippen LogP contribution in [-0.4, -0.2) is 4.21 Å². The summed E-state index contributed by atoms with van der Waals surface area (Å²) in [4.78, 5) is 0.808. The second-order valence-corrected chi connectivity index (χ2v) is 5.53. The van der Waals surface area contributed by atoms with Gasteiger partial charge in [-0.1, -0.05) is 30.3 Å². The fourth-order valence-electron chi connectivity index (χ4n) is 1.74. The van der Waals surface area contributed by atoms with Gasteiger partial charge < -0.3 is 0 Å². The van der Waals surface area contributed by atoms with Gasteiger partial charge >= 0.3 is 0 Å². The Morgan fingerprint density at radius 2 is 1.94 bits per heavy atom. The van der Waals surface area contributed by atoms with Crippen LogP contribution >= 0.6 is 0 Å². The van der Waals surface area contributed by atoms with Gasteiger partial charge in [0.1, 0.15) is 0 Å². The molecule has 0 aromatic heterocycles. The minimum atomic E-state index is -1.11. The van der Waals surface area contributed by atoms with Gasteiger partial charge in [-0.25, -0.2) is 0 Å². The largest absolute Gasteiger partial charge is 0.254 e. The predicted octanol–water partition coefficient (Wildman–Crippen LogP) is 3.17. The molecule has 2 aromatic carbocycles. The second-order valence-electron chi connectivity index (χ2n) is 4.08. The first-order valence-electron chi connectivity index (χ1n) is 5.64. The third kappa shape index (κ3) is 2.85. The van der Waals surface area contributed by atoms with E-state index in [-0.39, 0.29) is 0 Å². The standard InChI is InChI=1S/C15H13NOS/c1-12-5-4-8-15(9-12)18(17)11-14-7-3-2-6-13(14)10-16/h2-9H,11H2,1H3. The summed E-state index contributed by atoms with van der Waals surface area (Å²) in [5.41, 5.74) is 2.52. The van der Waals surface area contributed by atoms with E-state index >= 15 is 0 Å². The number of hydrogen-bond acceptors (Lipinski definition) is 2. The lowest BCUT2D eigenvalue weighted by Crippen LogP contribution is -1.99. The molecule has 0 bridgehead atoms. The minimum Gasteiger partial charge on any atom is -0.254 e. The van der Waals surface area contributed by atoms with Crippen molar-refractivity contribution in [2.24, 2.45) is 0 Å². The summed E-state index contributed by atoms with van der Waals surface area (Å²) in [5.74, 6) is 0.382. The zero-order valence-electron chi connectivity index (χ0n) is 10.1. The molecule has 0 saturated heterocycles. The zero-order chi connectivity index (χ0) is 13.0. The summed E-state index contributed by atoms with van der Waals surface area (Å²) >= 11 is 0. The van der Waals surface area contributed by atoms with Crippen LogP contribution in [0.1, 0.15) is 16.7 Å². The number of aryl methyl sites for hydroxylation is 1. The van der Waals surface area contributed by atoms with Gasteiger partial charge in [-0.2, -0.15) is 5.26 Å². The van der Waals surface area contributed by atoms with Crippen LogP contribution < -0.4 is 0 Å². The molecule has 0 aliphatic carbocycles. The lowest BCUT2D eigenvalue weighted by molar-refractivity contribution is 0.682. The molecular formula is C15H13NOS. The number of benzene rings is 2. The van der Waals surface area contributed by atoms with E-state index in [1.54, 1.807) is 6.07 Å². The molecule has 0 aliphatic heterocycles. The molecule has 0 aliphatic rings. The van der Waals surface area contributed by atoms with Crippen LogP contribution in [0.4, 0.5) is 0 Å². The Morgan fingerprint density at radius 1 is 1.17 bits per heavy atom. The van der Waals surface area contributed by atoms with Crippen molar-refractivity contribution in [2.45, 2.75) is 17.6 Å². The highest BCUT2D eigenvalue weighted by Gasteiger charge is 2.08. The first kappa shape index (κ1) is 12.5. The molecule has 2 nitrogen and oxygen atoms in total. The van der Waals surface area contributed by atoms with Crippen LogP contribution in [-0.2, 0) is 16.6 Å². The molecule has 0 heterocycles. The van der Waals surface area contributed by atoms with Crippen LogP contribution in [0.15, 0.2) is 53.4 Å². The molecule has 2 rings (SSSR count). The highest BCUT2D eigenvalue weighted by Crippen LogP contribution is 2.16. The first-order valence-corrected chi connectivity index (χ1v) is 6.95. The quantitative estimate of drug-likeness (QED) is 0.845. The van der Waals surface area contributed by atoms with Gasteiger partial charge in [0.15, 0.2) is 0 Å². The lowest BCUT2D eigenvalue weighted by Gasteiger charge is -2.05. The fraction of sp³-hybridized carbons (Fsp3) is 0.133. The van der Waals surface area contributed by atoms with E-state index in [1.165, 1.54) is 0 Å². The molecule has 90 valence electrons. The van der Waals surface area contributed by atoms with E-state index in [0.717, 1.165) is 16.0 Å². The Bertz CT molecular complexity index is 628. The average Bonchev–Trinajstić information content (AvgIpc) is 2.39. The molecule has 0 fully saturated rings. The molecule has 1 atom stereocenters. The maximum absolute atomic E-state index is 12.2. The van der Waals surface area contributed by atoms with E-state index in [2.05, 4.69) is 6.07 Å². The van der Waals surface area contributed by atoms with E-state index in [9.17, 15) is 4.21 Å². The Balaban J connectivity index is 2.25. The van der Waals surface area contributed by atoms with E-state index in [0.29, 0.717) is 11.3 Å². The summed E-state index contributed by atoms with van der Waals surface area (Å²) in [6.07, 6.45) is 0. The van der Waals surface area contributed by atoms with Gasteiger partial charge in [0, 0.05) is 4.90 Å². The van der Waals surface area contributed by atoms with Crippen molar-refractivity contribution < 1.29 is 4.21 Å². The zero-order valence-corrected chi connectivity index (χ0v) is 10.9. The smallest absolute Gasteiger partial charge is 0.0994 e. The third-order valence-electron chi connectivity index (χ3n) is 2.68. The molecule has 18 heavy (non-hydrogen) atoms. The topological polar surface area (TPSA) is 40.9 Å². The van der Waals surface area contributed by atoms with Crippen LogP contribution in [0.5, 0.6) is 0 Å². The third-order valence-corrected chi connectivity index (χ3v) is 4.03. The number of rotatable bonds is 3. The van der Waals surface area contributed by atoms with Crippen LogP contribution in [0.2, 0.25) is 0 Å². The van der Waals surface area contributed by atoms with E-state index < -0.39 is 10.8 Å². The minimum absolute atomic E-state index is 0.382. The summed E-state index contributed by atoms with van der Waals surface area (Å²) in [5, 5.41) is 9.00. The highest BCUT2D eigenvalue weighted by atomic mass is 32.2. The molecule has 0 saturated carbocycles. The number of nitriles is 1. The van der Waals surface area contributed by atoms with Crippen molar-refractivity contribution in [3.8, 4) is 6.07 Å². The normalized spacial score (nSPS) is 11.8. The van der Waals surface area contributed by atoms with Crippen LogP contribution in [0, 0.1) is 18.3 Å². The Kier molecular flexibility index (Phi) is 3.91. The molecule has 0 spiro atoms. The van der Waals surface area contributed by atoms with Gasteiger partial charge in [-0.05, 0) is 36.2 Å². The number of nitrogens with zero attached hydrogens (tertiary/aromatic N) is 1. The highest BCUT2D eigenvalue weighted by molar-refractivity contribution is 7.84. The van der Waals surface area contributed by atoms with E-state index in [4.69, 9.17) is 5.26 Å². The lowest BCUT2D eigenvalue weighted by atomic mass is 10.1. The summed E-state index contributed by atoms with van der Waals surface area (Å²) in [7, 11) is -1.11. The predicted molar refractivity (Wildman–Crippen MR) is 72.4 cm³/mol. The van der Waals surface area contributed by atoms with Crippen molar-refractivity contribution in [1.82, 2.24) is 0 Å². The molecule has 0 radical (unpaired) electrons. The fourth-order valence-corrected chi connectivity index (χ4v) is 2.99. The van der Waals surface area contributed by atoms with Crippen LogP contribution in [0.3, 0.4) is 0 Å². The average molecular weight is 255 g/mol. The monoisotopic (exact) mass is 255 g/mol. The van der Waals surface area contributed by atoms with Gasteiger partial charge in [-0.15, -0.1) is 0 Å². The van der Waals surface area contributed by atoms with Gasteiger partial charge in [0.05, 0.1) is 28.2 Å².